The molecular weight excluding hydrogens is 312 g/mol. The SMILES string of the molecule is NC1=NC(c2ccccc2)=NC1(CCl)NC(=O)c1ccccc1. The third kappa shape index (κ3) is 2.96. The van der Waals surface area contributed by atoms with Gasteiger partial charge in [0.2, 0.25) is 5.66 Å². The number of aliphatic imine (C=N–C) groups is 2. The highest BCUT2D eigenvalue weighted by Gasteiger charge is 2.40. The minimum atomic E-state index is -1.22. The summed E-state index contributed by atoms with van der Waals surface area (Å²) in [5.74, 6) is 0.326. The molecule has 3 rings (SSSR count). The van der Waals surface area contributed by atoms with E-state index < -0.39 is 5.66 Å². The van der Waals surface area contributed by atoms with Crippen LogP contribution in [0.25, 0.3) is 0 Å². The topological polar surface area (TPSA) is 79.8 Å². The van der Waals surface area contributed by atoms with Crippen LogP contribution in [0.3, 0.4) is 0 Å². The summed E-state index contributed by atoms with van der Waals surface area (Å²) in [5, 5.41) is 2.79. The summed E-state index contributed by atoms with van der Waals surface area (Å²) in [7, 11) is 0. The van der Waals surface area contributed by atoms with Gasteiger partial charge in [0, 0.05) is 11.1 Å². The molecule has 5 nitrogen and oxygen atoms in total. The highest BCUT2D eigenvalue weighted by molar-refractivity contribution is 6.24. The van der Waals surface area contributed by atoms with E-state index in [0.717, 1.165) is 5.56 Å². The fraction of sp³-hybridized carbons (Fsp3) is 0.118. The number of benzene rings is 2. The minimum absolute atomic E-state index is 0.00274. The van der Waals surface area contributed by atoms with Gasteiger partial charge in [0.15, 0.2) is 11.7 Å². The Hall–Kier alpha value is -2.66. The van der Waals surface area contributed by atoms with Crippen LogP contribution in [0, 0.1) is 0 Å². The van der Waals surface area contributed by atoms with Crippen LogP contribution in [0.5, 0.6) is 0 Å². The molecular formula is C17H15ClN4O. The van der Waals surface area contributed by atoms with E-state index in [0.29, 0.717) is 11.4 Å². The van der Waals surface area contributed by atoms with Crippen LogP contribution in [0.2, 0.25) is 0 Å². The third-order valence-corrected chi connectivity index (χ3v) is 3.92. The monoisotopic (exact) mass is 326 g/mol. The maximum atomic E-state index is 12.4. The first-order chi connectivity index (χ1) is 11.1. The van der Waals surface area contributed by atoms with Crippen molar-refractivity contribution in [1.29, 1.82) is 0 Å². The molecule has 1 unspecified atom stereocenters. The Labute approximate surface area is 138 Å². The van der Waals surface area contributed by atoms with Gasteiger partial charge in [-0.3, -0.25) is 4.79 Å². The summed E-state index contributed by atoms with van der Waals surface area (Å²) in [6.45, 7) is 0. The average Bonchev–Trinajstić information content (AvgIpc) is 2.93. The van der Waals surface area contributed by atoms with Crippen LogP contribution in [0.15, 0.2) is 70.6 Å². The standard InChI is InChI=1S/C17H15ClN4O/c18-11-17(22-15(23)13-9-5-2-6-10-13)16(19)20-14(21-17)12-7-3-1-4-8-12/h1-10H,11H2,(H,22,23)(H2,19,20,21). The Morgan fingerprint density at radius 1 is 1.09 bits per heavy atom. The fourth-order valence-corrected chi connectivity index (χ4v) is 2.52. The number of rotatable bonds is 4. The van der Waals surface area contributed by atoms with Crippen molar-refractivity contribution >= 4 is 29.2 Å². The highest BCUT2D eigenvalue weighted by Crippen LogP contribution is 2.21. The Morgan fingerprint density at radius 3 is 2.30 bits per heavy atom. The molecule has 2 aromatic rings. The van der Waals surface area contributed by atoms with Gasteiger partial charge in [0.1, 0.15) is 0 Å². The molecule has 0 aromatic heterocycles. The highest BCUT2D eigenvalue weighted by atomic mass is 35.5. The van der Waals surface area contributed by atoms with E-state index in [-0.39, 0.29) is 17.6 Å². The van der Waals surface area contributed by atoms with Gasteiger partial charge in [-0.15, -0.1) is 11.6 Å². The summed E-state index contributed by atoms with van der Waals surface area (Å²) in [6, 6.07) is 18.2. The summed E-state index contributed by atoms with van der Waals surface area (Å²) in [6.07, 6.45) is 0. The predicted molar refractivity (Wildman–Crippen MR) is 92.0 cm³/mol. The molecule has 0 aliphatic carbocycles. The molecule has 116 valence electrons. The zero-order chi connectivity index (χ0) is 16.3. The van der Waals surface area contributed by atoms with Crippen molar-refractivity contribution in [2.75, 3.05) is 5.88 Å². The molecule has 1 aliphatic heterocycles. The molecule has 0 bridgehead atoms. The maximum absolute atomic E-state index is 12.4. The molecule has 2 aromatic carbocycles. The molecule has 0 saturated carbocycles. The molecule has 0 fully saturated rings. The molecule has 6 heteroatoms. The molecule has 1 heterocycles. The molecule has 0 spiro atoms. The van der Waals surface area contributed by atoms with E-state index >= 15 is 0 Å². The number of carbonyl (C=O) groups excluding carboxylic acids is 1. The van der Waals surface area contributed by atoms with Gasteiger partial charge in [0.05, 0.1) is 5.88 Å². The van der Waals surface area contributed by atoms with Crippen LogP contribution >= 0.6 is 11.6 Å². The first kappa shape index (κ1) is 15.2. The lowest BCUT2D eigenvalue weighted by Crippen LogP contribution is -2.56. The van der Waals surface area contributed by atoms with Crippen molar-refractivity contribution in [3.8, 4) is 0 Å². The van der Waals surface area contributed by atoms with E-state index in [4.69, 9.17) is 17.3 Å². The van der Waals surface area contributed by atoms with Gasteiger partial charge in [-0.2, -0.15) is 0 Å². The van der Waals surface area contributed by atoms with E-state index in [2.05, 4.69) is 15.3 Å². The number of nitrogens with zero attached hydrogens (tertiary/aromatic N) is 2. The molecule has 1 aliphatic rings. The van der Waals surface area contributed by atoms with Gasteiger partial charge >= 0.3 is 0 Å². The Bertz CT molecular complexity index is 774. The smallest absolute Gasteiger partial charge is 0.253 e. The summed E-state index contributed by atoms with van der Waals surface area (Å²) >= 11 is 6.06. The first-order valence-electron chi connectivity index (χ1n) is 7.08. The van der Waals surface area contributed by atoms with Crippen LogP contribution in [0.4, 0.5) is 0 Å². The van der Waals surface area contributed by atoms with Crippen LogP contribution in [-0.4, -0.2) is 29.1 Å². The van der Waals surface area contributed by atoms with Crippen molar-refractivity contribution in [2.45, 2.75) is 5.66 Å². The molecule has 1 amide bonds. The summed E-state index contributed by atoms with van der Waals surface area (Å²) in [5.41, 5.74) is 6.12. The number of nitrogens with one attached hydrogen (secondary N) is 1. The molecule has 23 heavy (non-hydrogen) atoms. The van der Waals surface area contributed by atoms with Crippen molar-refractivity contribution in [1.82, 2.24) is 5.32 Å². The molecule has 0 radical (unpaired) electrons. The van der Waals surface area contributed by atoms with Crippen molar-refractivity contribution in [3.05, 3.63) is 71.8 Å². The predicted octanol–water partition coefficient (Wildman–Crippen LogP) is 2.17. The number of amidine groups is 2. The number of amides is 1. The Balaban J connectivity index is 1.91. The van der Waals surface area contributed by atoms with E-state index in [1.165, 1.54) is 0 Å². The van der Waals surface area contributed by atoms with Gasteiger partial charge in [-0.05, 0) is 12.1 Å². The second kappa shape index (κ2) is 6.22. The normalized spacial score (nSPS) is 19.9. The number of carbonyl (C=O) groups is 1. The zero-order valence-electron chi connectivity index (χ0n) is 12.2. The Morgan fingerprint density at radius 2 is 1.70 bits per heavy atom. The van der Waals surface area contributed by atoms with E-state index in [1.54, 1.807) is 24.3 Å². The van der Waals surface area contributed by atoms with Gasteiger partial charge < -0.3 is 11.1 Å². The minimum Gasteiger partial charge on any atom is -0.383 e. The lowest BCUT2D eigenvalue weighted by Gasteiger charge is -2.24. The number of hydrogen-bond acceptors (Lipinski definition) is 4. The molecule has 1 atom stereocenters. The van der Waals surface area contributed by atoms with Gasteiger partial charge in [-0.25, -0.2) is 9.98 Å². The first-order valence-corrected chi connectivity index (χ1v) is 7.61. The van der Waals surface area contributed by atoms with E-state index in [1.807, 2.05) is 36.4 Å². The third-order valence-electron chi connectivity index (χ3n) is 3.53. The quantitative estimate of drug-likeness (QED) is 0.844. The second-order valence-electron chi connectivity index (χ2n) is 5.11. The number of hydrogen-bond donors (Lipinski definition) is 2. The molecule has 0 saturated heterocycles. The van der Waals surface area contributed by atoms with Crippen LogP contribution < -0.4 is 11.1 Å². The van der Waals surface area contributed by atoms with Gasteiger partial charge in [-0.1, -0.05) is 48.5 Å². The molecule has 3 N–H and O–H groups in total. The van der Waals surface area contributed by atoms with Crippen LogP contribution in [-0.2, 0) is 0 Å². The van der Waals surface area contributed by atoms with Crippen LogP contribution in [0.1, 0.15) is 15.9 Å². The number of nitrogens with two attached hydrogens (primary N) is 1. The maximum Gasteiger partial charge on any atom is 0.253 e. The zero-order valence-corrected chi connectivity index (χ0v) is 13.0. The van der Waals surface area contributed by atoms with Crippen molar-refractivity contribution in [3.63, 3.8) is 0 Å². The number of halogens is 1. The lowest BCUT2D eigenvalue weighted by molar-refractivity contribution is 0.0930. The van der Waals surface area contributed by atoms with Crippen molar-refractivity contribution < 1.29 is 4.79 Å². The summed E-state index contributed by atoms with van der Waals surface area (Å²) in [4.78, 5) is 21.2. The van der Waals surface area contributed by atoms with E-state index in [9.17, 15) is 4.79 Å². The largest absolute Gasteiger partial charge is 0.383 e. The average molecular weight is 327 g/mol. The lowest BCUT2D eigenvalue weighted by atomic mass is 10.1. The second-order valence-corrected chi connectivity index (χ2v) is 5.38. The summed E-state index contributed by atoms with van der Waals surface area (Å²) < 4.78 is 0. The number of alkyl halides is 1. The fourth-order valence-electron chi connectivity index (χ4n) is 2.26. The van der Waals surface area contributed by atoms with Gasteiger partial charge in [0.25, 0.3) is 5.91 Å². The van der Waals surface area contributed by atoms with Crippen molar-refractivity contribution in [2.24, 2.45) is 15.7 Å². The Kier molecular flexibility index (Phi) is 4.12.